The highest BCUT2D eigenvalue weighted by Crippen LogP contribution is 2.35. The van der Waals surface area contributed by atoms with Gasteiger partial charge in [-0.2, -0.15) is 31.3 Å². The van der Waals surface area contributed by atoms with Gasteiger partial charge in [-0.15, -0.1) is 0 Å². The second-order valence-corrected chi connectivity index (χ2v) is 4.44. The maximum atomic E-state index is 12.8. The van der Waals surface area contributed by atoms with Crippen molar-refractivity contribution in [2.24, 2.45) is 0 Å². The minimum Gasteiger partial charge on any atom is -0.340 e. The van der Waals surface area contributed by atoms with E-state index in [0.717, 1.165) is 24.3 Å². The Morgan fingerprint density at radius 2 is 1.50 bits per heavy atom. The summed E-state index contributed by atoms with van der Waals surface area (Å²) in [6.07, 6.45) is -8.78. The van der Waals surface area contributed by atoms with E-state index in [1.54, 1.807) is 0 Å². The molecular weight excluding hydrogens is 336 g/mol. The summed E-state index contributed by atoms with van der Waals surface area (Å²) in [5, 5.41) is 1.85. The van der Waals surface area contributed by atoms with Crippen LogP contribution in [0, 0.1) is 0 Å². The zero-order chi connectivity index (χ0) is 16.5. The van der Waals surface area contributed by atoms with Crippen LogP contribution in [-0.2, 0) is 12.4 Å². The molecule has 0 bridgehead atoms. The third kappa shape index (κ3) is 3.79. The van der Waals surface area contributed by atoms with E-state index in [0.29, 0.717) is 6.20 Å². The lowest BCUT2D eigenvalue weighted by Crippen LogP contribution is -2.11. The van der Waals surface area contributed by atoms with Gasteiger partial charge < -0.3 is 5.32 Å². The number of rotatable bonds is 2. The van der Waals surface area contributed by atoms with Crippen molar-refractivity contribution >= 4 is 23.1 Å². The van der Waals surface area contributed by atoms with Gasteiger partial charge >= 0.3 is 12.4 Å². The van der Waals surface area contributed by atoms with E-state index in [9.17, 15) is 26.3 Å². The third-order valence-corrected chi connectivity index (χ3v) is 2.72. The van der Waals surface area contributed by atoms with Gasteiger partial charge in [0, 0.05) is 11.9 Å². The summed E-state index contributed by atoms with van der Waals surface area (Å²) in [4.78, 5) is 6.65. The number of hydrogen-bond donors (Lipinski definition) is 1. The minimum atomic E-state index is -4.74. The summed E-state index contributed by atoms with van der Waals surface area (Å²) >= 11 is 5.44. The Balaban J connectivity index is 2.33. The molecular formula is C12H6ClF6N3. The number of benzene rings is 1. The third-order valence-electron chi connectivity index (χ3n) is 2.54. The molecule has 0 atom stereocenters. The molecule has 0 aliphatic heterocycles. The monoisotopic (exact) mass is 341 g/mol. The standard InChI is InChI=1S/C12H6ClF6N3/c13-10-20-5-8(12(17,18)19)9(22-10)21-7-3-1-6(2-4-7)11(14,15)16/h1-5H,(H,20,21,22). The van der Waals surface area contributed by atoms with Gasteiger partial charge in [0.25, 0.3) is 0 Å². The normalized spacial score (nSPS) is 12.3. The van der Waals surface area contributed by atoms with Gasteiger partial charge in [0.1, 0.15) is 11.4 Å². The maximum absolute atomic E-state index is 12.8. The van der Waals surface area contributed by atoms with Crippen LogP contribution in [0.5, 0.6) is 0 Å². The summed E-state index contributed by atoms with van der Waals surface area (Å²) in [6.45, 7) is 0. The first kappa shape index (κ1) is 16.3. The molecule has 1 aromatic carbocycles. The molecule has 1 heterocycles. The Kier molecular flexibility index (Phi) is 4.19. The van der Waals surface area contributed by atoms with Crippen molar-refractivity contribution in [1.29, 1.82) is 0 Å². The predicted molar refractivity (Wildman–Crippen MR) is 66.8 cm³/mol. The molecule has 22 heavy (non-hydrogen) atoms. The Labute approximate surface area is 125 Å². The first-order valence-corrected chi connectivity index (χ1v) is 5.99. The fourth-order valence-corrected chi connectivity index (χ4v) is 1.68. The lowest BCUT2D eigenvalue weighted by molar-refractivity contribution is -0.138. The number of nitrogens with zero attached hydrogens (tertiary/aromatic N) is 2. The van der Waals surface area contributed by atoms with Crippen LogP contribution >= 0.6 is 11.6 Å². The number of anilines is 2. The first-order chi connectivity index (χ1) is 10.1. The van der Waals surface area contributed by atoms with Gasteiger partial charge in [0.15, 0.2) is 0 Å². The second-order valence-electron chi connectivity index (χ2n) is 4.10. The van der Waals surface area contributed by atoms with E-state index in [-0.39, 0.29) is 5.69 Å². The van der Waals surface area contributed by atoms with Gasteiger partial charge in [-0.05, 0) is 35.9 Å². The van der Waals surface area contributed by atoms with Crippen molar-refractivity contribution in [3.05, 3.63) is 46.9 Å². The van der Waals surface area contributed by atoms with Crippen molar-refractivity contribution in [3.63, 3.8) is 0 Å². The maximum Gasteiger partial charge on any atom is 0.421 e. The van der Waals surface area contributed by atoms with Crippen LogP contribution in [0.2, 0.25) is 5.28 Å². The molecule has 0 unspecified atom stereocenters. The molecule has 0 fully saturated rings. The van der Waals surface area contributed by atoms with Crippen molar-refractivity contribution in [2.75, 3.05) is 5.32 Å². The molecule has 0 spiro atoms. The van der Waals surface area contributed by atoms with Crippen LogP contribution in [0.15, 0.2) is 30.5 Å². The van der Waals surface area contributed by atoms with Crippen LogP contribution in [0.3, 0.4) is 0 Å². The predicted octanol–water partition coefficient (Wildman–Crippen LogP) is 4.91. The van der Waals surface area contributed by atoms with Gasteiger partial charge in [0.2, 0.25) is 5.28 Å². The molecule has 2 aromatic rings. The highest BCUT2D eigenvalue weighted by atomic mass is 35.5. The topological polar surface area (TPSA) is 37.8 Å². The number of halogens is 7. The molecule has 0 aliphatic carbocycles. The molecule has 1 aromatic heterocycles. The quantitative estimate of drug-likeness (QED) is 0.623. The number of hydrogen-bond acceptors (Lipinski definition) is 3. The Hall–Kier alpha value is -2.03. The fraction of sp³-hybridized carbons (Fsp3) is 0.167. The summed E-state index contributed by atoms with van der Waals surface area (Å²) in [5.74, 6) is -0.646. The zero-order valence-electron chi connectivity index (χ0n) is 10.4. The number of alkyl halides is 6. The molecule has 1 N–H and O–H groups in total. The molecule has 0 saturated carbocycles. The second kappa shape index (κ2) is 5.64. The molecule has 3 nitrogen and oxygen atoms in total. The highest BCUT2D eigenvalue weighted by molar-refractivity contribution is 6.28. The molecule has 0 saturated heterocycles. The van der Waals surface area contributed by atoms with Crippen molar-refractivity contribution < 1.29 is 26.3 Å². The lowest BCUT2D eigenvalue weighted by atomic mass is 10.2. The SMILES string of the molecule is FC(F)(F)c1ccc(Nc2nc(Cl)ncc2C(F)(F)F)cc1. The van der Waals surface area contributed by atoms with E-state index >= 15 is 0 Å². The van der Waals surface area contributed by atoms with E-state index in [1.807, 2.05) is 0 Å². The van der Waals surface area contributed by atoms with Gasteiger partial charge in [-0.3, -0.25) is 0 Å². The van der Waals surface area contributed by atoms with Crippen molar-refractivity contribution in [3.8, 4) is 0 Å². The summed E-state index contributed by atoms with van der Waals surface area (Å²) in [5.41, 5.74) is -2.11. The van der Waals surface area contributed by atoms with Crippen LogP contribution in [-0.4, -0.2) is 9.97 Å². The summed E-state index contributed by atoms with van der Waals surface area (Å²) in [6, 6.07) is 3.44. The zero-order valence-corrected chi connectivity index (χ0v) is 11.2. The molecule has 10 heteroatoms. The smallest absolute Gasteiger partial charge is 0.340 e. The fourth-order valence-electron chi connectivity index (χ4n) is 1.54. The van der Waals surface area contributed by atoms with Crippen LogP contribution in [0.25, 0.3) is 0 Å². The Morgan fingerprint density at radius 1 is 0.909 bits per heavy atom. The van der Waals surface area contributed by atoms with E-state index in [1.165, 1.54) is 0 Å². The largest absolute Gasteiger partial charge is 0.421 e. The molecule has 2 rings (SSSR count). The molecule has 0 radical (unpaired) electrons. The van der Waals surface area contributed by atoms with E-state index < -0.39 is 34.6 Å². The van der Waals surface area contributed by atoms with E-state index in [4.69, 9.17) is 11.6 Å². The molecule has 0 aliphatic rings. The van der Waals surface area contributed by atoms with Crippen LogP contribution in [0.4, 0.5) is 37.8 Å². The average Bonchev–Trinajstić information content (AvgIpc) is 2.36. The summed E-state index contributed by atoms with van der Waals surface area (Å²) < 4.78 is 75.6. The van der Waals surface area contributed by atoms with Crippen molar-refractivity contribution in [1.82, 2.24) is 9.97 Å². The minimum absolute atomic E-state index is 0.00623. The van der Waals surface area contributed by atoms with Crippen LogP contribution in [0.1, 0.15) is 11.1 Å². The van der Waals surface area contributed by atoms with E-state index in [2.05, 4.69) is 15.3 Å². The van der Waals surface area contributed by atoms with Gasteiger partial charge in [-0.1, -0.05) is 0 Å². The number of nitrogens with one attached hydrogen (secondary N) is 1. The highest BCUT2D eigenvalue weighted by Gasteiger charge is 2.35. The lowest BCUT2D eigenvalue weighted by Gasteiger charge is -2.13. The van der Waals surface area contributed by atoms with Gasteiger partial charge in [0.05, 0.1) is 5.56 Å². The van der Waals surface area contributed by atoms with Crippen molar-refractivity contribution in [2.45, 2.75) is 12.4 Å². The Bertz CT molecular complexity index is 666. The molecule has 0 amide bonds. The first-order valence-electron chi connectivity index (χ1n) is 5.61. The Morgan fingerprint density at radius 3 is 2.00 bits per heavy atom. The average molecular weight is 342 g/mol. The van der Waals surface area contributed by atoms with Gasteiger partial charge in [-0.25, -0.2) is 4.98 Å². The van der Waals surface area contributed by atoms with Crippen LogP contribution < -0.4 is 5.32 Å². The number of aromatic nitrogens is 2. The summed E-state index contributed by atoms with van der Waals surface area (Å²) in [7, 11) is 0. The molecule has 118 valence electrons.